The molecule has 2 aromatic carbocycles. The summed E-state index contributed by atoms with van der Waals surface area (Å²) in [6.07, 6.45) is 0. The molecule has 8 heteroatoms. The minimum Gasteiger partial charge on any atom is -0.452 e. The summed E-state index contributed by atoms with van der Waals surface area (Å²) in [5.74, 6) is -1.16. The molecule has 0 saturated heterocycles. The number of para-hydroxylation sites is 1. The van der Waals surface area contributed by atoms with Gasteiger partial charge in [0.05, 0.1) is 10.5 Å². The molecular weight excluding hydrogens is 368 g/mol. The average molecular weight is 390 g/mol. The molecule has 0 unspecified atom stereocenters. The van der Waals surface area contributed by atoms with E-state index in [1.165, 1.54) is 24.3 Å². The monoisotopic (exact) mass is 390 g/mol. The van der Waals surface area contributed by atoms with Crippen molar-refractivity contribution in [1.29, 1.82) is 0 Å². The van der Waals surface area contributed by atoms with Crippen LogP contribution in [0.4, 0.5) is 5.69 Å². The zero-order valence-corrected chi connectivity index (χ0v) is 16.2. The molecule has 0 atom stereocenters. The van der Waals surface area contributed by atoms with Crippen LogP contribution in [0.5, 0.6) is 0 Å². The minimum absolute atomic E-state index is 0.0497. The van der Waals surface area contributed by atoms with E-state index < -0.39 is 28.5 Å². The predicted molar refractivity (Wildman–Crippen MR) is 102 cm³/mol. The summed E-state index contributed by atoms with van der Waals surface area (Å²) in [6.45, 7) is 5.24. The Balaban J connectivity index is 1.96. The Bertz CT molecular complexity index is 917. The van der Waals surface area contributed by atoms with Crippen LogP contribution in [0.3, 0.4) is 0 Å². The van der Waals surface area contributed by atoms with Gasteiger partial charge in [-0.05, 0) is 49.2 Å². The van der Waals surface area contributed by atoms with Crippen molar-refractivity contribution in [3.05, 3.63) is 59.2 Å². The lowest BCUT2D eigenvalue weighted by Crippen LogP contribution is -2.23. The van der Waals surface area contributed by atoms with Gasteiger partial charge in [-0.3, -0.25) is 4.79 Å². The average Bonchev–Trinajstić information content (AvgIpc) is 2.63. The number of anilines is 1. The van der Waals surface area contributed by atoms with E-state index in [-0.39, 0.29) is 17.0 Å². The lowest BCUT2D eigenvalue weighted by atomic mass is 10.1. The molecule has 0 fully saturated rings. The maximum Gasteiger partial charge on any atom is 0.338 e. The summed E-state index contributed by atoms with van der Waals surface area (Å²) in [5.41, 5.74) is 2.67. The number of benzene rings is 2. The fourth-order valence-corrected chi connectivity index (χ4v) is 3.49. The van der Waals surface area contributed by atoms with Crippen LogP contribution in [0.25, 0.3) is 0 Å². The summed E-state index contributed by atoms with van der Waals surface area (Å²) in [5, 5.41) is 2.72. The summed E-state index contributed by atoms with van der Waals surface area (Å²) in [6, 6.07) is 10.9. The van der Waals surface area contributed by atoms with Crippen molar-refractivity contribution in [3.63, 3.8) is 0 Å². The first-order valence-corrected chi connectivity index (χ1v) is 9.86. The third-order valence-corrected chi connectivity index (χ3v) is 5.38. The highest BCUT2D eigenvalue weighted by Gasteiger charge is 2.15. The Kier molecular flexibility index (Phi) is 6.70. The number of ether oxygens (including phenoxy) is 1. The van der Waals surface area contributed by atoms with E-state index in [0.29, 0.717) is 5.69 Å². The molecule has 0 aromatic heterocycles. The van der Waals surface area contributed by atoms with Gasteiger partial charge in [0.25, 0.3) is 5.91 Å². The number of sulfonamides is 1. The lowest BCUT2D eigenvalue weighted by molar-refractivity contribution is -0.119. The second kappa shape index (κ2) is 8.79. The molecule has 0 aliphatic heterocycles. The van der Waals surface area contributed by atoms with Gasteiger partial charge in [0, 0.05) is 12.2 Å². The molecule has 2 rings (SSSR count). The standard InChI is InChI=1S/C19H22N2O5S/c1-4-20-27(24,25)16-10-8-15(9-11-16)19(23)26-12-17(22)21-18-13(2)6-5-7-14(18)3/h5-11,20H,4,12H2,1-3H3,(H,21,22). The highest BCUT2D eigenvalue weighted by atomic mass is 32.2. The molecule has 144 valence electrons. The molecule has 0 heterocycles. The third-order valence-electron chi connectivity index (χ3n) is 3.81. The van der Waals surface area contributed by atoms with Crippen molar-refractivity contribution in [2.75, 3.05) is 18.5 Å². The number of hydrogen-bond acceptors (Lipinski definition) is 5. The number of rotatable bonds is 7. The zero-order chi connectivity index (χ0) is 20.0. The molecule has 2 aromatic rings. The van der Waals surface area contributed by atoms with E-state index in [1.807, 2.05) is 32.0 Å². The Morgan fingerprint density at radius 1 is 1.00 bits per heavy atom. The Labute approximate surface area is 158 Å². The van der Waals surface area contributed by atoms with Crippen LogP contribution in [-0.2, 0) is 19.6 Å². The fourth-order valence-electron chi connectivity index (χ4n) is 2.45. The molecule has 7 nitrogen and oxygen atoms in total. The highest BCUT2D eigenvalue weighted by molar-refractivity contribution is 7.89. The lowest BCUT2D eigenvalue weighted by Gasteiger charge is -2.11. The van der Waals surface area contributed by atoms with Crippen molar-refractivity contribution in [1.82, 2.24) is 4.72 Å². The fraction of sp³-hybridized carbons (Fsp3) is 0.263. The third kappa shape index (κ3) is 5.38. The first-order chi connectivity index (χ1) is 12.7. The Morgan fingerprint density at radius 3 is 2.15 bits per heavy atom. The Morgan fingerprint density at radius 2 is 1.59 bits per heavy atom. The van der Waals surface area contributed by atoms with Gasteiger partial charge in [-0.2, -0.15) is 0 Å². The van der Waals surface area contributed by atoms with Gasteiger partial charge >= 0.3 is 5.97 Å². The second-order valence-electron chi connectivity index (χ2n) is 5.92. The topological polar surface area (TPSA) is 102 Å². The van der Waals surface area contributed by atoms with Crippen molar-refractivity contribution in [2.45, 2.75) is 25.7 Å². The van der Waals surface area contributed by atoms with Gasteiger partial charge in [0.1, 0.15) is 0 Å². The van der Waals surface area contributed by atoms with Crippen LogP contribution in [0.15, 0.2) is 47.4 Å². The summed E-state index contributed by atoms with van der Waals surface area (Å²) in [7, 11) is -3.59. The van der Waals surface area contributed by atoms with E-state index in [2.05, 4.69) is 10.0 Å². The van der Waals surface area contributed by atoms with Crippen molar-refractivity contribution >= 4 is 27.6 Å². The first-order valence-electron chi connectivity index (χ1n) is 8.37. The quantitative estimate of drug-likeness (QED) is 0.707. The number of esters is 1. The number of carbonyl (C=O) groups is 2. The molecule has 0 aliphatic rings. The number of hydrogen-bond donors (Lipinski definition) is 2. The molecule has 0 bridgehead atoms. The molecular formula is C19H22N2O5S. The van der Waals surface area contributed by atoms with Gasteiger partial charge in [-0.1, -0.05) is 25.1 Å². The molecule has 0 radical (unpaired) electrons. The van der Waals surface area contributed by atoms with Crippen LogP contribution >= 0.6 is 0 Å². The van der Waals surface area contributed by atoms with E-state index in [1.54, 1.807) is 6.92 Å². The van der Waals surface area contributed by atoms with Gasteiger partial charge in [0.2, 0.25) is 10.0 Å². The maximum atomic E-state index is 12.1. The SMILES string of the molecule is CCNS(=O)(=O)c1ccc(C(=O)OCC(=O)Nc2c(C)cccc2C)cc1. The first kappa shape index (κ1) is 20.6. The summed E-state index contributed by atoms with van der Waals surface area (Å²) >= 11 is 0. The predicted octanol–water partition coefficient (Wildman–Crippen LogP) is 2.40. The van der Waals surface area contributed by atoms with Gasteiger partial charge in [0.15, 0.2) is 6.61 Å². The Hall–Kier alpha value is -2.71. The van der Waals surface area contributed by atoms with E-state index in [9.17, 15) is 18.0 Å². The molecule has 0 aliphatic carbocycles. The number of nitrogens with one attached hydrogen (secondary N) is 2. The maximum absolute atomic E-state index is 12.1. The van der Waals surface area contributed by atoms with E-state index in [4.69, 9.17) is 4.74 Å². The summed E-state index contributed by atoms with van der Waals surface area (Å²) in [4.78, 5) is 24.1. The largest absolute Gasteiger partial charge is 0.452 e. The van der Waals surface area contributed by atoms with Crippen LogP contribution in [0, 0.1) is 13.8 Å². The van der Waals surface area contributed by atoms with Gasteiger partial charge < -0.3 is 10.1 Å². The van der Waals surface area contributed by atoms with Crippen LogP contribution < -0.4 is 10.0 Å². The number of aryl methyl sites for hydroxylation is 2. The van der Waals surface area contributed by atoms with Gasteiger partial charge in [-0.15, -0.1) is 0 Å². The van der Waals surface area contributed by atoms with Crippen molar-refractivity contribution < 1.29 is 22.7 Å². The molecule has 1 amide bonds. The van der Waals surface area contributed by atoms with Crippen LogP contribution in [0.1, 0.15) is 28.4 Å². The second-order valence-corrected chi connectivity index (χ2v) is 7.68. The normalized spacial score (nSPS) is 11.1. The minimum atomic E-state index is -3.59. The van der Waals surface area contributed by atoms with Crippen molar-refractivity contribution in [2.24, 2.45) is 0 Å². The highest BCUT2D eigenvalue weighted by Crippen LogP contribution is 2.19. The molecule has 0 saturated carbocycles. The molecule has 0 spiro atoms. The van der Waals surface area contributed by atoms with Crippen LogP contribution in [-0.4, -0.2) is 33.4 Å². The smallest absolute Gasteiger partial charge is 0.338 e. The van der Waals surface area contributed by atoms with E-state index >= 15 is 0 Å². The zero-order valence-electron chi connectivity index (χ0n) is 15.4. The number of carbonyl (C=O) groups excluding carboxylic acids is 2. The molecule has 27 heavy (non-hydrogen) atoms. The van der Waals surface area contributed by atoms with E-state index in [0.717, 1.165) is 11.1 Å². The molecule has 2 N–H and O–H groups in total. The van der Waals surface area contributed by atoms with Crippen molar-refractivity contribution in [3.8, 4) is 0 Å². The van der Waals surface area contributed by atoms with Crippen LogP contribution in [0.2, 0.25) is 0 Å². The number of amides is 1. The summed E-state index contributed by atoms with van der Waals surface area (Å²) < 4.78 is 31.1. The van der Waals surface area contributed by atoms with Gasteiger partial charge in [-0.25, -0.2) is 17.9 Å².